The van der Waals surface area contributed by atoms with Crippen LogP contribution in [0.25, 0.3) is 0 Å². The van der Waals surface area contributed by atoms with Gasteiger partial charge in [-0.25, -0.2) is 0 Å². The summed E-state index contributed by atoms with van der Waals surface area (Å²) in [6, 6.07) is 0. The van der Waals surface area contributed by atoms with E-state index in [0.29, 0.717) is 17.9 Å². The number of ether oxygens (including phenoxy) is 1. The third-order valence-corrected chi connectivity index (χ3v) is 5.43. The van der Waals surface area contributed by atoms with Gasteiger partial charge in [-0.3, -0.25) is 9.48 Å². The van der Waals surface area contributed by atoms with Crippen LogP contribution in [0, 0.1) is 5.92 Å². The van der Waals surface area contributed by atoms with Crippen LogP contribution in [0.15, 0.2) is 12.4 Å². The van der Waals surface area contributed by atoms with Crippen LogP contribution in [0.5, 0.6) is 0 Å². The van der Waals surface area contributed by atoms with E-state index in [4.69, 9.17) is 4.74 Å². The van der Waals surface area contributed by atoms with Crippen molar-refractivity contribution in [2.24, 2.45) is 13.0 Å². The second kappa shape index (κ2) is 5.13. The number of aryl methyl sites for hydroxylation is 1. The van der Waals surface area contributed by atoms with E-state index in [1.54, 1.807) is 0 Å². The minimum Gasteiger partial charge on any atom is -0.374 e. The van der Waals surface area contributed by atoms with Gasteiger partial charge in [0.1, 0.15) is 0 Å². The second-order valence-corrected chi connectivity index (χ2v) is 6.76. The predicted octanol–water partition coefficient (Wildman–Crippen LogP) is 1.69. The molecule has 0 saturated carbocycles. The smallest absolute Gasteiger partial charge is 0.228 e. The first-order valence-corrected chi connectivity index (χ1v) is 8.13. The number of hydrogen-bond donors (Lipinski definition) is 0. The lowest BCUT2D eigenvalue weighted by Gasteiger charge is -2.34. The second-order valence-electron chi connectivity index (χ2n) is 6.76. The molecule has 4 rings (SSSR count). The molecule has 5 heteroatoms. The fourth-order valence-electron chi connectivity index (χ4n) is 4.22. The molecule has 21 heavy (non-hydrogen) atoms. The van der Waals surface area contributed by atoms with Crippen molar-refractivity contribution in [1.29, 1.82) is 0 Å². The van der Waals surface area contributed by atoms with E-state index in [-0.39, 0.29) is 12.0 Å². The van der Waals surface area contributed by atoms with Crippen LogP contribution in [0.4, 0.5) is 0 Å². The molecule has 3 fully saturated rings. The number of fused-ring (bicyclic) bond motifs is 2. The van der Waals surface area contributed by atoms with E-state index in [2.05, 4.69) is 16.2 Å². The lowest BCUT2D eigenvalue weighted by Crippen LogP contribution is -2.43. The first-order chi connectivity index (χ1) is 10.2. The van der Waals surface area contributed by atoms with Crippen molar-refractivity contribution in [2.45, 2.75) is 50.2 Å². The van der Waals surface area contributed by atoms with E-state index in [1.807, 2.05) is 17.9 Å². The van der Waals surface area contributed by atoms with Gasteiger partial charge >= 0.3 is 0 Å². The number of hydrogen-bond acceptors (Lipinski definition) is 3. The highest BCUT2D eigenvalue weighted by Crippen LogP contribution is 2.40. The molecule has 0 aromatic carbocycles. The van der Waals surface area contributed by atoms with Gasteiger partial charge in [0, 0.05) is 26.3 Å². The van der Waals surface area contributed by atoms with Crippen molar-refractivity contribution in [3.05, 3.63) is 18.0 Å². The quantitative estimate of drug-likeness (QED) is 0.832. The van der Waals surface area contributed by atoms with Crippen LogP contribution >= 0.6 is 0 Å². The van der Waals surface area contributed by atoms with Crippen molar-refractivity contribution < 1.29 is 9.53 Å². The summed E-state index contributed by atoms with van der Waals surface area (Å²) in [5.41, 5.74) is 1.31. The van der Waals surface area contributed by atoms with E-state index in [1.165, 1.54) is 5.56 Å². The molecule has 1 aromatic heterocycles. The van der Waals surface area contributed by atoms with Crippen LogP contribution in [0.2, 0.25) is 0 Å². The molecule has 114 valence electrons. The van der Waals surface area contributed by atoms with Crippen molar-refractivity contribution >= 4 is 5.91 Å². The Morgan fingerprint density at radius 1 is 1.29 bits per heavy atom. The molecule has 5 nitrogen and oxygen atoms in total. The van der Waals surface area contributed by atoms with Gasteiger partial charge in [-0.1, -0.05) is 0 Å². The molecule has 1 aromatic rings. The molecule has 4 heterocycles. The molecule has 2 bridgehead atoms. The van der Waals surface area contributed by atoms with Gasteiger partial charge < -0.3 is 9.64 Å². The Kier molecular flexibility index (Phi) is 3.25. The number of piperidine rings is 1. The largest absolute Gasteiger partial charge is 0.374 e. The van der Waals surface area contributed by atoms with E-state index in [9.17, 15) is 4.79 Å². The first kappa shape index (κ1) is 13.3. The summed E-state index contributed by atoms with van der Waals surface area (Å²) in [5, 5.41) is 4.25. The lowest BCUT2D eigenvalue weighted by molar-refractivity contribution is -0.138. The minimum atomic E-state index is 0.138. The molecule has 1 amide bonds. The van der Waals surface area contributed by atoms with Crippen molar-refractivity contribution in [1.82, 2.24) is 14.7 Å². The Morgan fingerprint density at radius 3 is 2.67 bits per heavy atom. The highest BCUT2D eigenvalue weighted by Gasteiger charge is 2.46. The van der Waals surface area contributed by atoms with Crippen molar-refractivity contribution in [3.63, 3.8) is 0 Å². The molecular formula is C16H23N3O2. The van der Waals surface area contributed by atoms with E-state index in [0.717, 1.165) is 45.2 Å². The maximum atomic E-state index is 12.7. The summed E-state index contributed by atoms with van der Waals surface area (Å²) in [4.78, 5) is 14.7. The number of aromatic nitrogens is 2. The highest BCUT2D eigenvalue weighted by molar-refractivity contribution is 5.80. The number of amides is 1. The summed E-state index contributed by atoms with van der Waals surface area (Å²) in [7, 11) is 1.96. The van der Waals surface area contributed by atoms with Crippen molar-refractivity contribution in [3.8, 4) is 0 Å². The Labute approximate surface area is 125 Å². The Morgan fingerprint density at radius 2 is 2.10 bits per heavy atom. The molecule has 0 unspecified atom stereocenters. The Bertz CT molecular complexity index is 533. The third-order valence-electron chi connectivity index (χ3n) is 5.43. The van der Waals surface area contributed by atoms with Gasteiger partial charge in [-0.15, -0.1) is 0 Å². The molecule has 0 N–H and O–H groups in total. The molecule has 3 aliphatic heterocycles. The number of carbonyl (C=O) groups is 1. The zero-order valence-electron chi connectivity index (χ0n) is 12.6. The maximum Gasteiger partial charge on any atom is 0.228 e. The lowest BCUT2D eigenvalue weighted by atomic mass is 9.86. The number of carbonyl (C=O) groups excluding carboxylic acids is 1. The molecule has 3 atom stereocenters. The summed E-state index contributed by atoms with van der Waals surface area (Å²) in [5.74, 6) is 1.03. The average molecular weight is 289 g/mol. The van der Waals surface area contributed by atoms with Gasteiger partial charge in [-0.05, 0) is 43.6 Å². The predicted molar refractivity (Wildman–Crippen MR) is 77.8 cm³/mol. The zero-order valence-corrected chi connectivity index (χ0v) is 12.6. The standard InChI is InChI=1S/C16H23N3O2/c1-18-10-12(9-17-18)11-4-6-19(7-5-11)16(20)14-8-13-2-3-15(14)21-13/h9-11,13-15H,2-8H2,1H3/t13-,14-,15+/m1/s1. The van der Waals surface area contributed by atoms with E-state index >= 15 is 0 Å². The molecule has 0 aliphatic carbocycles. The van der Waals surface area contributed by atoms with Crippen molar-refractivity contribution in [2.75, 3.05) is 13.1 Å². The summed E-state index contributed by atoms with van der Waals surface area (Å²) in [6.07, 6.45) is 9.92. The van der Waals surface area contributed by atoms with Gasteiger partial charge in [-0.2, -0.15) is 5.10 Å². The third kappa shape index (κ3) is 2.37. The summed E-state index contributed by atoms with van der Waals surface area (Å²) < 4.78 is 7.69. The monoisotopic (exact) mass is 289 g/mol. The number of nitrogens with zero attached hydrogens (tertiary/aromatic N) is 3. The fourth-order valence-corrected chi connectivity index (χ4v) is 4.22. The average Bonchev–Trinajstić information content (AvgIpc) is 3.23. The Hall–Kier alpha value is -1.36. The fraction of sp³-hybridized carbons (Fsp3) is 0.750. The number of rotatable bonds is 2. The van der Waals surface area contributed by atoms with Gasteiger partial charge in [0.05, 0.1) is 24.3 Å². The van der Waals surface area contributed by atoms with Gasteiger partial charge in [0.25, 0.3) is 0 Å². The van der Waals surface area contributed by atoms with E-state index < -0.39 is 0 Å². The number of likely N-dealkylation sites (tertiary alicyclic amines) is 1. The topological polar surface area (TPSA) is 47.4 Å². The molecule has 0 spiro atoms. The van der Waals surface area contributed by atoms with Crippen LogP contribution in [0.1, 0.15) is 43.6 Å². The normalized spacial score (nSPS) is 32.8. The molecule has 3 aliphatic rings. The maximum absolute atomic E-state index is 12.7. The summed E-state index contributed by atoms with van der Waals surface area (Å²) in [6.45, 7) is 1.76. The van der Waals surface area contributed by atoms with Crippen LogP contribution in [-0.2, 0) is 16.6 Å². The zero-order chi connectivity index (χ0) is 14.4. The van der Waals surface area contributed by atoms with Crippen LogP contribution in [-0.4, -0.2) is 45.9 Å². The highest BCUT2D eigenvalue weighted by atomic mass is 16.5. The van der Waals surface area contributed by atoms with Crippen LogP contribution < -0.4 is 0 Å². The van der Waals surface area contributed by atoms with Gasteiger partial charge in [0.15, 0.2) is 0 Å². The molecular weight excluding hydrogens is 266 g/mol. The molecule has 3 saturated heterocycles. The van der Waals surface area contributed by atoms with Gasteiger partial charge in [0.2, 0.25) is 5.91 Å². The first-order valence-electron chi connectivity index (χ1n) is 8.13. The Balaban J connectivity index is 1.36. The van der Waals surface area contributed by atoms with Crippen LogP contribution in [0.3, 0.4) is 0 Å². The SMILES string of the molecule is Cn1cc(C2CCN(C(=O)[C@@H]3C[C@H]4CC[C@@H]3O4)CC2)cn1. The minimum absolute atomic E-state index is 0.138. The molecule has 0 radical (unpaired) electrons. The summed E-state index contributed by atoms with van der Waals surface area (Å²) >= 11 is 0.